The number of carbonyl (C=O) groups is 1. The fraction of sp³-hybridized carbons (Fsp3) is 0.600. The smallest absolute Gasteiger partial charge is 0.311 e. The first kappa shape index (κ1) is 12.1. The van der Waals surface area contributed by atoms with Crippen molar-refractivity contribution in [3.05, 3.63) is 16.1 Å². The molecule has 0 unspecified atom stereocenters. The standard InChI is InChI=1S/C10H16N2O2S/c1-4-14-8(13)5-7-6-15-9(12-7)10(2,3)11/h6H,4-5,11H2,1-3H3. The minimum atomic E-state index is -0.447. The van der Waals surface area contributed by atoms with Crippen molar-refractivity contribution in [1.82, 2.24) is 4.98 Å². The van der Waals surface area contributed by atoms with Crippen LogP contribution in [0.15, 0.2) is 5.38 Å². The van der Waals surface area contributed by atoms with Gasteiger partial charge in [0.2, 0.25) is 0 Å². The van der Waals surface area contributed by atoms with E-state index >= 15 is 0 Å². The van der Waals surface area contributed by atoms with Gasteiger partial charge in [0.05, 0.1) is 24.3 Å². The topological polar surface area (TPSA) is 65.2 Å². The second-order valence-corrected chi connectivity index (χ2v) is 4.71. The van der Waals surface area contributed by atoms with Crippen LogP contribution < -0.4 is 5.73 Å². The second kappa shape index (κ2) is 4.72. The fourth-order valence-corrected chi connectivity index (χ4v) is 1.90. The van der Waals surface area contributed by atoms with E-state index in [0.717, 1.165) is 10.7 Å². The number of hydrogen-bond donors (Lipinski definition) is 1. The van der Waals surface area contributed by atoms with Gasteiger partial charge in [-0.15, -0.1) is 11.3 Å². The molecule has 84 valence electrons. The van der Waals surface area contributed by atoms with Crippen molar-refractivity contribution in [1.29, 1.82) is 0 Å². The van der Waals surface area contributed by atoms with Crippen molar-refractivity contribution in [3.8, 4) is 0 Å². The van der Waals surface area contributed by atoms with Crippen LogP contribution >= 0.6 is 11.3 Å². The van der Waals surface area contributed by atoms with Crippen LogP contribution in [-0.4, -0.2) is 17.6 Å². The van der Waals surface area contributed by atoms with E-state index in [1.54, 1.807) is 6.92 Å². The number of esters is 1. The molecule has 0 fully saturated rings. The molecule has 0 radical (unpaired) electrons. The Morgan fingerprint density at radius 2 is 2.33 bits per heavy atom. The quantitative estimate of drug-likeness (QED) is 0.792. The molecule has 0 aliphatic carbocycles. The maximum atomic E-state index is 11.2. The van der Waals surface area contributed by atoms with Crippen molar-refractivity contribution >= 4 is 17.3 Å². The molecule has 0 spiro atoms. The summed E-state index contributed by atoms with van der Waals surface area (Å²) in [6.07, 6.45) is 0.223. The normalized spacial score (nSPS) is 11.5. The molecular weight excluding hydrogens is 212 g/mol. The summed E-state index contributed by atoms with van der Waals surface area (Å²) in [5, 5.41) is 2.68. The average Bonchev–Trinajstić information content (AvgIpc) is 2.52. The van der Waals surface area contributed by atoms with Gasteiger partial charge in [-0.05, 0) is 20.8 Å². The number of nitrogens with zero attached hydrogens (tertiary/aromatic N) is 1. The number of hydrogen-bond acceptors (Lipinski definition) is 5. The summed E-state index contributed by atoms with van der Waals surface area (Å²) in [7, 11) is 0. The maximum Gasteiger partial charge on any atom is 0.311 e. The van der Waals surface area contributed by atoms with E-state index in [4.69, 9.17) is 10.5 Å². The van der Waals surface area contributed by atoms with Gasteiger partial charge in [0, 0.05) is 5.38 Å². The number of carbonyl (C=O) groups excluding carboxylic acids is 1. The molecule has 5 heteroatoms. The minimum Gasteiger partial charge on any atom is -0.466 e. The van der Waals surface area contributed by atoms with Crippen LogP contribution in [0.3, 0.4) is 0 Å². The van der Waals surface area contributed by atoms with Crippen LogP contribution in [0.4, 0.5) is 0 Å². The Kier molecular flexibility index (Phi) is 3.82. The van der Waals surface area contributed by atoms with Gasteiger partial charge in [-0.3, -0.25) is 4.79 Å². The van der Waals surface area contributed by atoms with Crippen molar-refractivity contribution in [2.75, 3.05) is 6.61 Å². The van der Waals surface area contributed by atoms with E-state index in [1.807, 2.05) is 19.2 Å². The molecule has 0 amide bonds. The number of nitrogens with two attached hydrogens (primary N) is 1. The average molecular weight is 228 g/mol. The van der Waals surface area contributed by atoms with Gasteiger partial charge < -0.3 is 10.5 Å². The lowest BCUT2D eigenvalue weighted by Gasteiger charge is -2.13. The largest absolute Gasteiger partial charge is 0.466 e. The van der Waals surface area contributed by atoms with Gasteiger partial charge in [0.15, 0.2) is 0 Å². The number of ether oxygens (including phenoxy) is 1. The highest BCUT2D eigenvalue weighted by Crippen LogP contribution is 2.21. The van der Waals surface area contributed by atoms with Crippen LogP contribution in [0.25, 0.3) is 0 Å². The van der Waals surface area contributed by atoms with Gasteiger partial charge in [-0.2, -0.15) is 0 Å². The Morgan fingerprint density at radius 1 is 1.67 bits per heavy atom. The zero-order valence-corrected chi connectivity index (χ0v) is 10.1. The van der Waals surface area contributed by atoms with Crippen LogP contribution in [0.1, 0.15) is 31.5 Å². The molecule has 1 aromatic rings. The Hall–Kier alpha value is -0.940. The highest BCUT2D eigenvalue weighted by Gasteiger charge is 2.19. The number of aromatic nitrogens is 1. The number of rotatable bonds is 4. The highest BCUT2D eigenvalue weighted by atomic mass is 32.1. The van der Waals surface area contributed by atoms with E-state index in [9.17, 15) is 4.79 Å². The van der Waals surface area contributed by atoms with Crippen LogP contribution in [0, 0.1) is 0 Å². The van der Waals surface area contributed by atoms with Crippen molar-refractivity contribution in [2.45, 2.75) is 32.7 Å². The lowest BCUT2D eigenvalue weighted by atomic mass is 10.1. The van der Waals surface area contributed by atoms with Gasteiger partial charge in [-0.1, -0.05) is 0 Å². The summed E-state index contributed by atoms with van der Waals surface area (Å²) in [5.41, 5.74) is 6.17. The van der Waals surface area contributed by atoms with E-state index in [-0.39, 0.29) is 12.4 Å². The summed E-state index contributed by atoms with van der Waals surface area (Å²) in [5.74, 6) is -0.246. The van der Waals surface area contributed by atoms with Crippen LogP contribution in [-0.2, 0) is 21.5 Å². The molecule has 4 nitrogen and oxygen atoms in total. The Balaban J connectivity index is 2.65. The third kappa shape index (κ3) is 3.60. The van der Waals surface area contributed by atoms with Crippen molar-refractivity contribution < 1.29 is 9.53 Å². The van der Waals surface area contributed by atoms with E-state index in [1.165, 1.54) is 11.3 Å². The lowest BCUT2D eigenvalue weighted by Crippen LogP contribution is -2.28. The van der Waals surface area contributed by atoms with Crippen molar-refractivity contribution in [3.63, 3.8) is 0 Å². The molecule has 0 aliphatic rings. The van der Waals surface area contributed by atoms with E-state index in [2.05, 4.69) is 4.98 Å². The third-order valence-corrected chi connectivity index (χ3v) is 2.96. The van der Waals surface area contributed by atoms with Crippen LogP contribution in [0.5, 0.6) is 0 Å². The molecule has 0 saturated carbocycles. The molecule has 0 bridgehead atoms. The first-order chi connectivity index (χ1) is 6.93. The SMILES string of the molecule is CCOC(=O)Cc1csc(C(C)(C)N)n1. The predicted octanol–water partition coefficient (Wildman–Crippen LogP) is 1.44. The van der Waals surface area contributed by atoms with E-state index in [0.29, 0.717) is 6.61 Å². The van der Waals surface area contributed by atoms with Gasteiger partial charge in [0.25, 0.3) is 0 Å². The zero-order valence-electron chi connectivity index (χ0n) is 9.24. The van der Waals surface area contributed by atoms with Crippen LogP contribution in [0.2, 0.25) is 0 Å². The Labute approximate surface area is 93.5 Å². The van der Waals surface area contributed by atoms with E-state index < -0.39 is 5.54 Å². The second-order valence-electron chi connectivity index (χ2n) is 3.85. The lowest BCUT2D eigenvalue weighted by molar-refractivity contribution is -0.142. The summed E-state index contributed by atoms with van der Waals surface area (Å²) in [6.45, 7) is 5.96. The summed E-state index contributed by atoms with van der Waals surface area (Å²) in [6, 6.07) is 0. The zero-order chi connectivity index (χ0) is 11.5. The predicted molar refractivity (Wildman–Crippen MR) is 59.7 cm³/mol. The molecule has 0 aromatic carbocycles. The molecule has 15 heavy (non-hydrogen) atoms. The number of thiazole rings is 1. The maximum absolute atomic E-state index is 11.2. The minimum absolute atomic E-state index is 0.223. The summed E-state index contributed by atoms with van der Waals surface area (Å²) < 4.78 is 4.84. The first-order valence-electron chi connectivity index (χ1n) is 4.83. The molecule has 1 heterocycles. The molecule has 0 saturated heterocycles. The Bertz CT molecular complexity index is 341. The van der Waals surface area contributed by atoms with Gasteiger partial charge >= 0.3 is 5.97 Å². The monoisotopic (exact) mass is 228 g/mol. The van der Waals surface area contributed by atoms with Gasteiger partial charge in [0.1, 0.15) is 5.01 Å². The molecule has 0 aliphatic heterocycles. The molecule has 1 aromatic heterocycles. The molecular formula is C10H16N2O2S. The summed E-state index contributed by atoms with van der Waals surface area (Å²) in [4.78, 5) is 15.5. The molecule has 1 rings (SSSR count). The van der Waals surface area contributed by atoms with Gasteiger partial charge in [-0.25, -0.2) is 4.98 Å². The molecule has 0 atom stereocenters. The highest BCUT2D eigenvalue weighted by molar-refractivity contribution is 7.09. The Morgan fingerprint density at radius 3 is 2.80 bits per heavy atom. The summed E-state index contributed by atoms with van der Waals surface area (Å²) >= 11 is 1.47. The first-order valence-corrected chi connectivity index (χ1v) is 5.71. The molecule has 2 N–H and O–H groups in total. The van der Waals surface area contributed by atoms with Crippen molar-refractivity contribution in [2.24, 2.45) is 5.73 Å². The third-order valence-electron chi connectivity index (χ3n) is 1.73. The fourth-order valence-electron chi connectivity index (χ4n) is 1.04.